The number of halogens is 1. The zero-order valence-electron chi connectivity index (χ0n) is 6.74. The standard InChI is InChI=1S/C9H7NS2.ClH/c10-9-11-6-8(12-9)7-4-2-1-3-5-7;/h1-6,10H;1H. The van der Waals surface area contributed by atoms with Gasteiger partial charge < -0.3 is 12.4 Å². The van der Waals surface area contributed by atoms with Crippen molar-refractivity contribution in [2.24, 2.45) is 0 Å². The molecule has 2 N–H and O–H groups in total. The second-order valence-electron chi connectivity index (χ2n) is 2.39. The number of benzene rings is 1. The average Bonchev–Trinajstić information content (AvgIpc) is 2.54. The van der Waals surface area contributed by atoms with E-state index in [9.17, 15) is 0 Å². The molecule has 1 nitrogen and oxygen atoms in total. The Balaban J connectivity index is 0.000000845. The van der Waals surface area contributed by atoms with Crippen molar-refractivity contribution in [3.8, 4) is 10.4 Å². The molecule has 0 atom stereocenters. The highest BCUT2D eigenvalue weighted by molar-refractivity contribution is 7.28. The van der Waals surface area contributed by atoms with Gasteiger partial charge in [0.05, 0.1) is 4.88 Å². The summed E-state index contributed by atoms with van der Waals surface area (Å²) in [5, 5.41) is 7.75. The molecule has 1 aromatic heterocycles. The molecular formula is C9H8ClNS2. The molecule has 0 saturated carbocycles. The monoisotopic (exact) mass is 229 g/mol. The lowest BCUT2D eigenvalue weighted by atomic mass is 10.2. The summed E-state index contributed by atoms with van der Waals surface area (Å²) in [4.78, 5) is 1.25. The van der Waals surface area contributed by atoms with Crippen LogP contribution >= 0.6 is 22.7 Å². The van der Waals surface area contributed by atoms with E-state index in [1.807, 2.05) is 18.2 Å². The van der Waals surface area contributed by atoms with Crippen molar-refractivity contribution >= 4 is 22.7 Å². The highest BCUT2D eigenvalue weighted by atomic mass is 35.5. The molecule has 2 rings (SSSR count). The summed E-state index contributed by atoms with van der Waals surface area (Å²) >= 11 is 3.23. The van der Waals surface area contributed by atoms with Crippen molar-refractivity contribution in [1.82, 2.24) is 0 Å². The molecule has 2 aromatic rings. The number of hydrogen-bond acceptors (Lipinski definition) is 2. The van der Waals surface area contributed by atoms with E-state index in [1.54, 1.807) is 22.7 Å². The van der Waals surface area contributed by atoms with E-state index in [4.69, 9.17) is 5.41 Å². The first-order valence-corrected chi connectivity index (χ1v) is 5.28. The van der Waals surface area contributed by atoms with E-state index in [0.29, 0.717) is 0 Å². The molecule has 0 aliphatic heterocycles. The third-order valence-electron chi connectivity index (χ3n) is 1.55. The van der Waals surface area contributed by atoms with Crippen molar-refractivity contribution in [2.75, 3.05) is 0 Å². The first kappa shape index (κ1) is 10.4. The average molecular weight is 230 g/mol. The largest absolute Gasteiger partial charge is 1.00 e. The third kappa shape index (κ3) is 2.40. The molecule has 0 aliphatic rings. The fourth-order valence-electron chi connectivity index (χ4n) is 0.997. The van der Waals surface area contributed by atoms with Crippen molar-refractivity contribution in [1.29, 1.82) is 0 Å². The molecule has 0 radical (unpaired) electrons. The zero-order valence-corrected chi connectivity index (χ0v) is 9.12. The summed E-state index contributed by atoms with van der Waals surface area (Å²) in [7, 11) is 0. The first-order chi connectivity index (χ1) is 5.86. The molecule has 0 spiro atoms. The normalized spacial score (nSPS) is 9.23. The van der Waals surface area contributed by atoms with Crippen LogP contribution in [-0.2, 0) is 0 Å². The SMILES string of the molecule is [Cl-].[NH2+]=c1scc(-c2ccccc2)s1. The third-order valence-corrected chi connectivity index (χ3v) is 3.60. The van der Waals surface area contributed by atoms with Crippen LogP contribution in [0.25, 0.3) is 10.4 Å². The Kier molecular flexibility index (Phi) is 3.66. The Morgan fingerprint density at radius 2 is 1.77 bits per heavy atom. The maximum absolute atomic E-state index is 5.65. The van der Waals surface area contributed by atoms with Crippen LogP contribution in [0.2, 0.25) is 0 Å². The second kappa shape index (κ2) is 4.56. The highest BCUT2D eigenvalue weighted by Crippen LogP contribution is 2.22. The predicted octanol–water partition coefficient (Wildman–Crippen LogP) is -1.86. The van der Waals surface area contributed by atoms with E-state index in [-0.39, 0.29) is 12.4 Å². The van der Waals surface area contributed by atoms with Gasteiger partial charge in [-0.3, -0.25) is 0 Å². The van der Waals surface area contributed by atoms with Gasteiger partial charge in [-0.1, -0.05) is 53.0 Å². The van der Waals surface area contributed by atoms with Crippen LogP contribution in [0.4, 0.5) is 0 Å². The Labute approximate surface area is 90.6 Å². The summed E-state index contributed by atoms with van der Waals surface area (Å²) in [6.07, 6.45) is 0. The maximum atomic E-state index is 5.65. The Bertz CT molecular complexity index is 418. The summed E-state index contributed by atoms with van der Waals surface area (Å²) in [5.74, 6) is 0. The molecule has 0 aliphatic carbocycles. The van der Waals surface area contributed by atoms with Gasteiger partial charge in [0, 0.05) is 5.38 Å². The van der Waals surface area contributed by atoms with Crippen LogP contribution in [-0.4, -0.2) is 0 Å². The molecule has 0 unspecified atom stereocenters. The van der Waals surface area contributed by atoms with E-state index in [2.05, 4.69) is 17.5 Å². The summed E-state index contributed by atoms with van der Waals surface area (Å²) in [6, 6.07) is 10.3. The minimum atomic E-state index is 0. The minimum absolute atomic E-state index is 0. The summed E-state index contributed by atoms with van der Waals surface area (Å²) < 4.78 is 0.911. The van der Waals surface area contributed by atoms with Gasteiger partial charge >= 0.3 is 3.98 Å². The van der Waals surface area contributed by atoms with Gasteiger partial charge in [0.2, 0.25) is 0 Å². The first-order valence-electron chi connectivity index (χ1n) is 3.59. The molecule has 0 fully saturated rings. The molecule has 0 amide bonds. The van der Waals surface area contributed by atoms with E-state index >= 15 is 0 Å². The molecule has 1 aromatic carbocycles. The van der Waals surface area contributed by atoms with Gasteiger partial charge in [-0.2, -0.15) is 0 Å². The molecular weight excluding hydrogens is 222 g/mol. The lowest BCUT2D eigenvalue weighted by Gasteiger charge is -1.91. The quantitative estimate of drug-likeness (QED) is 0.594. The van der Waals surface area contributed by atoms with Gasteiger partial charge in [0.15, 0.2) is 0 Å². The van der Waals surface area contributed by atoms with Crippen LogP contribution in [0.5, 0.6) is 0 Å². The zero-order chi connectivity index (χ0) is 8.39. The molecule has 0 saturated heterocycles. The number of hydrogen-bond donors (Lipinski definition) is 1. The van der Waals surface area contributed by atoms with E-state index < -0.39 is 0 Å². The van der Waals surface area contributed by atoms with Gasteiger partial charge in [-0.15, -0.1) is 0 Å². The maximum Gasteiger partial charge on any atom is 0.311 e. The summed E-state index contributed by atoms with van der Waals surface area (Å²) in [6.45, 7) is 0. The molecule has 0 bridgehead atoms. The molecule has 4 heteroatoms. The molecule has 13 heavy (non-hydrogen) atoms. The van der Waals surface area contributed by atoms with Crippen LogP contribution in [0.3, 0.4) is 0 Å². The van der Waals surface area contributed by atoms with Crippen LogP contribution in [0.1, 0.15) is 0 Å². The fourth-order valence-corrected chi connectivity index (χ4v) is 2.77. The fraction of sp³-hybridized carbons (Fsp3) is 0. The Morgan fingerprint density at radius 1 is 1.08 bits per heavy atom. The van der Waals surface area contributed by atoms with Gasteiger partial charge in [-0.05, 0) is 5.56 Å². The number of rotatable bonds is 1. The number of nitrogens with two attached hydrogens (primary N) is 1. The van der Waals surface area contributed by atoms with Crippen molar-refractivity contribution in [3.63, 3.8) is 0 Å². The van der Waals surface area contributed by atoms with E-state index in [0.717, 1.165) is 3.98 Å². The van der Waals surface area contributed by atoms with Gasteiger partial charge in [0.25, 0.3) is 0 Å². The highest BCUT2D eigenvalue weighted by Gasteiger charge is 1.99. The van der Waals surface area contributed by atoms with Crippen molar-refractivity contribution in [2.45, 2.75) is 0 Å². The lowest BCUT2D eigenvalue weighted by Crippen LogP contribution is -3.00. The predicted molar refractivity (Wildman–Crippen MR) is 52.7 cm³/mol. The topological polar surface area (TPSA) is 25.6 Å². The van der Waals surface area contributed by atoms with Crippen LogP contribution in [0, 0.1) is 0 Å². The van der Waals surface area contributed by atoms with Crippen molar-refractivity contribution < 1.29 is 17.8 Å². The molecule has 1 heterocycles. The Hall–Kier alpha value is -0.640. The van der Waals surface area contributed by atoms with Crippen LogP contribution < -0.4 is 21.8 Å². The minimum Gasteiger partial charge on any atom is -1.00 e. The summed E-state index contributed by atoms with van der Waals surface area (Å²) in [5.41, 5.74) is 1.25. The smallest absolute Gasteiger partial charge is 0.311 e. The van der Waals surface area contributed by atoms with Gasteiger partial charge in [0.1, 0.15) is 0 Å². The van der Waals surface area contributed by atoms with Crippen LogP contribution in [0.15, 0.2) is 35.7 Å². The van der Waals surface area contributed by atoms with E-state index in [1.165, 1.54) is 10.4 Å². The Morgan fingerprint density at radius 3 is 2.31 bits per heavy atom. The van der Waals surface area contributed by atoms with Gasteiger partial charge in [-0.25, -0.2) is 5.41 Å². The lowest BCUT2D eigenvalue weighted by molar-refractivity contribution is -0.161. The van der Waals surface area contributed by atoms with Crippen molar-refractivity contribution in [3.05, 3.63) is 39.7 Å². The second-order valence-corrected chi connectivity index (χ2v) is 4.64. The molecule has 68 valence electrons.